The second-order valence-corrected chi connectivity index (χ2v) is 3.89. The minimum absolute atomic E-state index is 0.389. The van der Waals surface area contributed by atoms with E-state index in [4.69, 9.17) is 11.5 Å². The van der Waals surface area contributed by atoms with Crippen molar-refractivity contribution in [2.45, 2.75) is 32.8 Å². The summed E-state index contributed by atoms with van der Waals surface area (Å²) in [6, 6.07) is 0. The first-order valence-corrected chi connectivity index (χ1v) is 4.53. The van der Waals surface area contributed by atoms with Gasteiger partial charge in [0, 0.05) is 5.57 Å². The number of terminal acetylenes is 1. The molecule has 76 valence electrons. The number of carbonyl (C=O) groups is 1. The first-order valence-electron chi connectivity index (χ1n) is 4.53. The van der Waals surface area contributed by atoms with Gasteiger partial charge in [-0.05, 0) is 32.3 Å². The molecule has 1 rings (SSSR count). The molecule has 1 aliphatic carbocycles. The van der Waals surface area contributed by atoms with Crippen molar-refractivity contribution >= 4 is 5.97 Å². The summed E-state index contributed by atoms with van der Waals surface area (Å²) in [5.74, 6) is 1.48. The molecule has 1 aliphatic rings. The Labute approximate surface area is 83.4 Å². The van der Waals surface area contributed by atoms with E-state index in [0.717, 1.165) is 0 Å². The molecule has 0 aromatic rings. The summed E-state index contributed by atoms with van der Waals surface area (Å²) in [4.78, 5) is 11.1. The molecular formula is C11H14O3. The van der Waals surface area contributed by atoms with Crippen LogP contribution in [0.15, 0.2) is 11.1 Å². The van der Waals surface area contributed by atoms with Crippen LogP contribution in [0.2, 0.25) is 0 Å². The lowest BCUT2D eigenvalue weighted by Crippen LogP contribution is -2.36. The summed E-state index contributed by atoms with van der Waals surface area (Å²) in [6.45, 7) is 3.31. The number of aliphatic hydroxyl groups is 1. The quantitative estimate of drug-likeness (QED) is 0.616. The van der Waals surface area contributed by atoms with Crippen molar-refractivity contribution in [2.24, 2.45) is 5.41 Å². The van der Waals surface area contributed by atoms with Gasteiger partial charge >= 0.3 is 5.97 Å². The SMILES string of the molecule is C#CC1=C(C)[C@H](O)CC[C@@]1(C)C(=O)O. The predicted octanol–water partition coefficient (Wildman–Crippen LogP) is 1.18. The first kappa shape index (κ1) is 10.8. The number of hydrogen-bond donors (Lipinski definition) is 2. The van der Waals surface area contributed by atoms with Crippen LogP contribution in [0.4, 0.5) is 0 Å². The van der Waals surface area contributed by atoms with Gasteiger partial charge in [-0.3, -0.25) is 4.79 Å². The maximum atomic E-state index is 11.1. The van der Waals surface area contributed by atoms with Crippen LogP contribution in [0.1, 0.15) is 26.7 Å². The highest BCUT2D eigenvalue weighted by molar-refractivity contribution is 5.80. The summed E-state index contributed by atoms with van der Waals surface area (Å²) in [5.41, 5.74) is 0.0327. The van der Waals surface area contributed by atoms with Gasteiger partial charge in [0.2, 0.25) is 0 Å². The van der Waals surface area contributed by atoms with Gasteiger partial charge in [0.15, 0.2) is 0 Å². The van der Waals surface area contributed by atoms with Crippen LogP contribution in [0, 0.1) is 17.8 Å². The predicted molar refractivity (Wildman–Crippen MR) is 52.5 cm³/mol. The van der Waals surface area contributed by atoms with Crippen LogP contribution in [-0.2, 0) is 4.79 Å². The zero-order valence-electron chi connectivity index (χ0n) is 8.37. The third kappa shape index (κ3) is 1.42. The zero-order chi connectivity index (χ0) is 10.9. The second kappa shape index (κ2) is 3.47. The van der Waals surface area contributed by atoms with Gasteiger partial charge in [-0.2, -0.15) is 0 Å². The highest BCUT2D eigenvalue weighted by Gasteiger charge is 2.41. The number of carboxylic acid groups (broad SMARTS) is 1. The average Bonchev–Trinajstić information content (AvgIpc) is 2.13. The van der Waals surface area contributed by atoms with Gasteiger partial charge < -0.3 is 10.2 Å². The second-order valence-electron chi connectivity index (χ2n) is 3.89. The molecule has 0 aromatic heterocycles. The number of aliphatic hydroxyl groups excluding tert-OH is 1. The van der Waals surface area contributed by atoms with E-state index in [9.17, 15) is 9.90 Å². The van der Waals surface area contributed by atoms with Gasteiger partial charge in [-0.25, -0.2) is 0 Å². The lowest BCUT2D eigenvalue weighted by molar-refractivity contribution is -0.146. The molecule has 0 fully saturated rings. The van der Waals surface area contributed by atoms with E-state index in [1.54, 1.807) is 13.8 Å². The molecule has 0 aromatic carbocycles. The fourth-order valence-electron chi connectivity index (χ4n) is 1.86. The molecule has 0 saturated heterocycles. The van der Waals surface area contributed by atoms with Crippen molar-refractivity contribution in [3.63, 3.8) is 0 Å². The Hall–Kier alpha value is -1.27. The summed E-state index contributed by atoms with van der Waals surface area (Å²) >= 11 is 0. The van der Waals surface area contributed by atoms with Gasteiger partial charge in [0.05, 0.1) is 11.5 Å². The summed E-state index contributed by atoms with van der Waals surface area (Å²) < 4.78 is 0. The number of aliphatic carboxylic acids is 1. The molecule has 0 radical (unpaired) electrons. The highest BCUT2D eigenvalue weighted by Crippen LogP contribution is 2.40. The molecule has 3 nitrogen and oxygen atoms in total. The van der Waals surface area contributed by atoms with E-state index in [0.29, 0.717) is 24.0 Å². The number of hydrogen-bond acceptors (Lipinski definition) is 2. The van der Waals surface area contributed by atoms with Crippen molar-refractivity contribution < 1.29 is 15.0 Å². The van der Waals surface area contributed by atoms with E-state index in [-0.39, 0.29) is 0 Å². The molecule has 2 atom stereocenters. The van der Waals surface area contributed by atoms with Crippen molar-refractivity contribution in [2.75, 3.05) is 0 Å². The van der Waals surface area contributed by atoms with Crippen LogP contribution in [0.3, 0.4) is 0 Å². The molecule has 14 heavy (non-hydrogen) atoms. The largest absolute Gasteiger partial charge is 0.481 e. The van der Waals surface area contributed by atoms with E-state index >= 15 is 0 Å². The Morgan fingerprint density at radius 2 is 2.29 bits per heavy atom. The van der Waals surface area contributed by atoms with E-state index < -0.39 is 17.5 Å². The average molecular weight is 194 g/mol. The fourth-order valence-corrected chi connectivity index (χ4v) is 1.86. The molecule has 0 heterocycles. The maximum absolute atomic E-state index is 11.1. The summed E-state index contributed by atoms with van der Waals surface area (Å²) in [7, 11) is 0. The van der Waals surface area contributed by atoms with Crippen LogP contribution in [0.5, 0.6) is 0 Å². The van der Waals surface area contributed by atoms with Gasteiger partial charge in [-0.15, -0.1) is 6.42 Å². The minimum Gasteiger partial charge on any atom is -0.481 e. The normalized spacial score (nSPS) is 32.6. The Balaban J connectivity index is 3.26. The Morgan fingerprint density at radius 3 is 2.71 bits per heavy atom. The van der Waals surface area contributed by atoms with Crippen LogP contribution in [0.25, 0.3) is 0 Å². The van der Waals surface area contributed by atoms with Gasteiger partial charge in [0.25, 0.3) is 0 Å². The number of rotatable bonds is 1. The van der Waals surface area contributed by atoms with Crippen LogP contribution < -0.4 is 0 Å². The van der Waals surface area contributed by atoms with Crippen molar-refractivity contribution in [1.82, 2.24) is 0 Å². The van der Waals surface area contributed by atoms with Gasteiger partial charge in [-0.1, -0.05) is 5.92 Å². The van der Waals surface area contributed by atoms with Gasteiger partial charge in [0.1, 0.15) is 0 Å². The third-order valence-electron chi connectivity index (χ3n) is 2.98. The molecule has 0 unspecified atom stereocenters. The Kier molecular flexibility index (Phi) is 2.68. The maximum Gasteiger partial charge on any atom is 0.314 e. The van der Waals surface area contributed by atoms with Crippen molar-refractivity contribution in [3.05, 3.63) is 11.1 Å². The molecular weight excluding hydrogens is 180 g/mol. The number of carboxylic acids is 1. The fraction of sp³-hybridized carbons (Fsp3) is 0.545. The third-order valence-corrected chi connectivity index (χ3v) is 2.98. The van der Waals surface area contributed by atoms with Crippen LogP contribution in [-0.4, -0.2) is 22.3 Å². The van der Waals surface area contributed by atoms with E-state index in [1.807, 2.05) is 0 Å². The Morgan fingerprint density at radius 1 is 1.71 bits per heavy atom. The van der Waals surface area contributed by atoms with Crippen molar-refractivity contribution in [3.8, 4) is 12.3 Å². The molecule has 0 aliphatic heterocycles. The van der Waals surface area contributed by atoms with Crippen LogP contribution >= 0.6 is 0 Å². The highest BCUT2D eigenvalue weighted by atomic mass is 16.4. The molecule has 0 bridgehead atoms. The Bertz CT molecular complexity index is 335. The molecule has 0 amide bonds. The lowest BCUT2D eigenvalue weighted by Gasteiger charge is -2.33. The molecule has 2 N–H and O–H groups in total. The standard InChI is InChI=1S/C11H14O3/c1-4-8-7(2)9(12)5-6-11(8,3)10(13)14/h1,9,12H,5-6H2,2-3H3,(H,13,14)/t9-,11-/m1/s1. The summed E-state index contributed by atoms with van der Waals surface area (Å²) in [6.07, 6.45) is 5.54. The van der Waals surface area contributed by atoms with Crippen molar-refractivity contribution in [1.29, 1.82) is 0 Å². The molecule has 0 spiro atoms. The lowest BCUT2D eigenvalue weighted by atomic mass is 9.71. The first-order chi connectivity index (χ1) is 6.43. The van der Waals surface area contributed by atoms with E-state index in [1.165, 1.54) is 0 Å². The van der Waals surface area contributed by atoms with E-state index in [2.05, 4.69) is 5.92 Å². The topological polar surface area (TPSA) is 57.5 Å². The smallest absolute Gasteiger partial charge is 0.314 e. The minimum atomic E-state index is -1.00. The zero-order valence-corrected chi connectivity index (χ0v) is 8.37. The summed E-state index contributed by atoms with van der Waals surface area (Å²) in [5, 5.41) is 18.6. The monoisotopic (exact) mass is 194 g/mol. The molecule has 3 heteroatoms. The molecule has 0 saturated carbocycles.